The number of benzene rings is 1. The highest BCUT2D eigenvalue weighted by Gasteiger charge is 2.24. The Kier molecular flexibility index (Phi) is 8.37. The summed E-state index contributed by atoms with van der Waals surface area (Å²) in [5, 5.41) is 15.0. The normalized spacial score (nSPS) is 14.6. The number of halogens is 2. The zero-order valence-electron chi connectivity index (χ0n) is 19.4. The Morgan fingerprint density at radius 2 is 1.91 bits per heavy atom. The van der Waals surface area contributed by atoms with Gasteiger partial charge in [-0.05, 0) is 57.2 Å². The molecule has 0 aliphatic carbocycles. The van der Waals surface area contributed by atoms with Gasteiger partial charge in [-0.1, -0.05) is 29.3 Å². The molecule has 3 rings (SSSR count). The van der Waals surface area contributed by atoms with Crippen molar-refractivity contribution in [2.24, 2.45) is 11.7 Å². The second-order valence-corrected chi connectivity index (χ2v) is 9.92. The lowest BCUT2D eigenvalue weighted by Crippen LogP contribution is -2.41. The molecule has 0 spiro atoms. The van der Waals surface area contributed by atoms with Crippen molar-refractivity contribution in [3.05, 3.63) is 39.5 Å². The SMILES string of the molecule is CC(C)(C)OC(=O)NCC1CCN(c2nnc(C(N)=O)c(NCc3ccc(Cl)cc3Cl)n2)CC1. The predicted molar refractivity (Wildman–Crippen MR) is 131 cm³/mol. The zero-order chi connectivity index (χ0) is 24.9. The van der Waals surface area contributed by atoms with Gasteiger partial charge in [0.2, 0.25) is 5.95 Å². The molecular formula is C22H29Cl2N7O3. The van der Waals surface area contributed by atoms with E-state index in [0.29, 0.717) is 48.1 Å². The number of anilines is 2. The van der Waals surface area contributed by atoms with Gasteiger partial charge in [0.1, 0.15) is 5.60 Å². The number of nitrogens with one attached hydrogen (secondary N) is 2. The first-order valence-corrected chi connectivity index (χ1v) is 11.7. The van der Waals surface area contributed by atoms with Crippen LogP contribution in [-0.4, -0.2) is 52.4 Å². The van der Waals surface area contributed by atoms with Crippen LogP contribution in [0.25, 0.3) is 0 Å². The molecule has 34 heavy (non-hydrogen) atoms. The molecule has 1 aromatic carbocycles. The van der Waals surface area contributed by atoms with E-state index in [1.807, 2.05) is 25.7 Å². The summed E-state index contributed by atoms with van der Waals surface area (Å²) in [6.45, 7) is 7.69. The van der Waals surface area contributed by atoms with E-state index in [4.69, 9.17) is 33.7 Å². The first-order chi connectivity index (χ1) is 16.0. The van der Waals surface area contributed by atoms with Crippen LogP contribution in [-0.2, 0) is 11.3 Å². The van der Waals surface area contributed by atoms with Gasteiger partial charge in [0.25, 0.3) is 5.91 Å². The van der Waals surface area contributed by atoms with Crippen molar-refractivity contribution in [3.8, 4) is 0 Å². The van der Waals surface area contributed by atoms with E-state index in [-0.39, 0.29) is 11.5 Å². The van der Waals surface area contributed by atoms with Crippen molar-refractivity contribution >= 4 is 47.0 Å². The number of nitrogens with two attached hydrogens (primary N) is 1. The lowest BCUT2D eigenvalue weighted by Gasteiger charge is -2.32. The molecule has 1 aromatic heterocycles. The third kappa shape index (κ3) is 7.33. The van der Waals surface area contributed by atoms with E-state index in [1.54, 1.807) is 18.2 Å². The minimum absolute atomic E-state index is 0.0507. The maximum absolute atomic E-state index is 11.9. The second kappa shape index (κ2) is 11.1. The number of piperidine rings is 1. The average Bonchev–Trinajstić information content (AvgIpc) is 2.76. The maximum Gasteiger partial charge on any atom is 0.407 e. The van der Waals surface area contributed by atoms with Gasteiger partial charge in [-0.25, -0.2) is 4.79 Å². The van der Waals surface area contributed by atoms with Crippen molar-refractivity contribution in [2.45, 2.75) is 45.8 Å². The molecule has 0 atom stereocenters. The minimum Gasteiger partial charge on any atom is -0.444 e. The van der Waals surface area contributed by atoms with Crippen LogP contribution in [0, 0.1) is 5.92 Å². The largest absolute Gasteiger partial charge is 0.444 e. The molecule has 1 aliphatic heterocycles. The Bertz CT molecular complexity index is 1040. The van der Waals surface area contributed by atoms with Gasteiger partial charge in [0.05, 0.1) is 0 Å². The number of carbonyl (C=O) groups is 2. The van der Waals surface area contributed by atoms with Crippen LogP contribution in [0.4, 0.5) is 16.6 Å². The molecule has 184 valence electrons. The molecule has 2 amide bonds. The van der Waals surface area contributed by atoms with Crippen LogP contribution in [0.2, 0.25) is 10.0 Å². The molecule has 12 heteroatoms. The maximum atomic E-state index is 11.9. The highest BCUT2D eigenvalue weighted by atomic mass is 35.5. The highest BCUT2D eigenvalue weighted by molar-refractivity contribution is 6.35. The smallest absolute Gasteiger partial charge is 0.407 e. The molecule has 1 aliphatic rings. The molecule has 1 saturated heterocycles. The highest BCUT2D eigenvalue weighted by Crippen LogP contribution is 2.24. The summed E-state index contributed by atoms with van der Waals surface area (Å²) in [7, 11) is 0. The zero-order valence-corrected chi connectivity index (χ0v) is 20.9. The first-order valence-electron chi connectivity index (χ1n) is 11.0. The standard InChI is InChI=1S/C22H29Cl2N7O3/c1-22(2,3)34-21(33)27-11-13-6-8-31(9-7-13)20-28-19(17(18(25)32)29-30-20)26-12-14-4-5-15(23)10-16(14)24/h4-5,10,13H,6-9,11-12H2,1-3H3,(H2,25,32)(H,27,33)(H,26,28,30). The number of primary amides is 1. The lowest BCUT2D eigenvalue weighted by molar-refractivity contribution is 0.0516. The Morgan fingerprint density at radius 1 is 1.21 bits per heavy atom. The van der Waals surface area contributed by atoms with Crippen molar-refractivity contribution in [1.29, 1.82) is 0 Å². The fourth-order valence-corrected chi connectivity index (χ4v) is 3.94. The summed E-state index contributed by atoms with van der Waals surface area (Å²) in [6.07, 6.45) is 1.25. The molecule has 2 heterocycles. The van der Waals surface area contributed by atoms with Gasteiger partial charge >= 0.3 is 6.09 Å². The topological polar surface area (TPSA) is 135 Å². The summed E-state index contributed by atoms with van der Waals surface area (Å²) in [5.74, 6) is 0.208. The number of carbonyl (C=O) groups excluding carboxylic acids is 2. The average molecular weight is 510 g/mol. The van der Waals surface area contributed by atoms with Gasteiger partial charge in [-0.15, -0.1) is 10.2 Å². The molecule has 0 bridgehead atoms. The molecule has 0 unspecified atom stereocenters. The van der Waals surface area contributed by atoms with E-state index in [0.717, 1.165) is 18.4 Å². The molecule has 0 saturated carbocycles. The summed E-state index contributed by atoms with van der Waals surface area (Å²) >= 11 is 12.2. The van der Waals surface area contributed by atoms with Crippen LogP contribution >= 0.6 is 23.2 Å². The number of hydrogen-bond acceptors (Lipinski definition) is 8. The van der Waals surface area contributed by atoms with E-state index in [2.05, 4.69) is 25.8 Å². The van der Waals surface area contributed by atoms with Crippen LogP contribution in [0.1, 0.15) is 49.7 Å². The second-order valence-electron chi connectivity index (χ2n) is 9.08. The van der Waals surface area contributed by atoms with Crippen LogP contribution in [0.3, 0.4) is 0 Å². The molecule has 10 nitrogen and oxygen atoms in total. The molecular weight excluding hydrogens is 481 g/mol. The monoisotopic (exact) mass is 509 g/mol. The number of amides is 2. The minimum atomic E-state index is -0.733. The van der Waals surface area contributed by atoms with Gasteiger partial charge in [-0.3, -0.25) is 4.79 Å². The Hall–Kier alpha value is -2.85. The predicted octanol–water partition coefficient (Wildman–Crippen LogP) is 3.63. The third-order valence-electron chi connectivity index (χ3n) is 5.20. The molecule has 0 radical (unpaired) electrons. The van der Waals surface area contributed by atoms with Crippen molar-refractivity contribution in [1.82, 2.24) is 20.5 Å². The number of rotatable bonds is 7. The Morgan fingerprint density at radius 3 is 2.53 bits per heavy atom. The third-order valence-corrected chi connectivity index (χ3v) is 5.79. The summed E-state index contributed by atoms with van der Waals surface area (Å²) in [6, 6.07) is 5.15. The number of hydrogen-bond donors (Lipinski definition) is 3. The van der Waals surface area contributed by atoms with Crippen LogP contribution in [0.15, 0.2) is 18.2 Å². The fraction of sp³-hybridized carbons (Fsp3) is 0.500. The van der Waals surface area contributed by atoms with Gasteiger partial charge in [-0.2, -0.15) is 4.98 Å². The van der Waals surface area contributed by atoms with Gasteiger partial charge in [0.15, 0.2) is 11.5 Å². The number of aromatic nitrogens is 3. The Labute approximate surface area is 208 Å². The van der Waals surface area contributed by atoms with Crippen molar-refractivity contribution in [3.63, 3.8) is 0 Å². The number of alkyl carbamates (subject to hydrolysis) is 1. The van der Waals surface area contributed by atoms with Crippen molar-refractivity contribution < 1.29 is 14.3 Å². The molecule has 4 N–H and O–H groups in total. The summed E-state index contributed by atoms with van der Waals surface area (Å²) in [4.78, 5) is 30.2. The van der Waals surface area contributed by atoms with E-state index >= 15 is 0 Å². The summed E-state index contributed by atoms with van der Waals surface area (Å²) in [5.41, 5.74) is 5.65. The van der Waals surface area contributed by atoms with Crippen LogP contribution < -0.4 is 21.3 Å². The van der Waals surface area contributed by atoms with E-state index < -0.39 is 17.6 Å². The van der Waals surface area contributed by atoms with Crippen LogP contribution in [0.5, 0.6) is 0 Å². The number of ether oxygens (including phenoxy) is 1. The first kappa shape index (κ1) is 25.8. The molecule has 2 aromatic rings. The Balaban J connectivity index is 1.61. The quantitative estimate of drug-likeness (QED) is 0.514. The summed E-state index contributed by atoms with van der Waals surface area (Å²) < 4.78 is 5.28. The molecule has 1 fully saturated rings. The lowest BCUT2D eigenvalue weighted by atomic mass is 9.97. The van der Waals surface area contributed by atoms with Gasteiger partial charge < -0.3 is 26.0 Å². The van der Waals surface area contributed by atoms with Crippen molar-refractivity contribution in [2.75, 3.05) is 29.9 Å². The van der Waals surface area contributed by atoms with Gasteiger partial charge in [0, 0.05) is 36.2 Å². The fourth-order valence-electron chi connectivity index (χ4n) is 3.46. The number of nitrogens with zero attached hydrogens (tertiary/aromatic N) is 4. The van der Waals surface area contributed by atoms with E-state index in [1.165, 1.54) is 0 Å². The van der Waals surface area contributed by atoms with E-state index in [9.17, 15) is 9.59 Å².